The van der Waals surface area contributed by atoms with Crippen molar-refractivity contribution in [3.05, 3.63) is 72.4 Å². The van der Waals surface area contributed by atoms with Gasteiger partial charge in [0, 0.05) is 0 Å². The summed E-state index contributed by atoms with van der Waals surface area (Å²) in [6.07, 6.45) is 7.08. The molecule has 2 heteroatoms. The Morgan fingerprint density at radius 3 is 1.78 bits per heavy atom. The molecule has 0 heterocycles. The monoisotopic (exact) mass is 242 g/mol. The van der Waals surface area contributed by atoms with Crippen LogP contribution in [0.25, 0.3) is 0 Å². The maximum Gasteiger partial charge on any atom is 0.336 e. The van der Waals surface area contributed by atoms with Gasteiger partial charge in [-0.15, -0.1) is 19.7 Å². The summed E-state index contributed by atoms with van der Waals surface area (Å²) in [5, 5.41) is 9.33. The van der Waals surface area contributed by atoms with E-state index in [1.54, 1.807) is 12.2 Å². The number of allylic oxidation sites excluding steroid dienone is 3. The van der Waals surface area contributed by atoms with Gasteiger partial charge in [-0.1, -0.05) is 30.4 Å². The minimum atomic E-state index is -0.895. The summed E-state index contributed by atoms with van der Waals surface area (Å²) in [4.78, 5) is 11.4. The maximum atomic E-state index is 11.4. The largest absolute Gasteiger partial charge is 0.478 e. The van der Waals surface area contributed by atoms with Gasteiger partial charge >= 0.3 is 5.97 Å². The highest BCUT2D eigenvalue weighted by molar-refractivity contribution is 5.91. The van der Waals surface area contributed by atoms with Crippen molar-refractivity contribution in [3.8, 4) is 0 Å². The number of carboxylic acids is 1. The zero-order valence-electron chi connectivity index (χ0n) is 10.5. The van der Waals surface area contributed by atoms with Crippen LogP contribution in [0.15, 0.2) is 50.1 Å². The van der Waals surface area contributed by atoms with Gasteiger partial charge in [-0.2, -0.15) is 0 Å². The molecule has 0 fully saturated rings. The van der Waals surface area contributed by atoms with Crippen LogP contribution in [-0.2, 0) is 19.3 Å². The zero-order valence-corrected chi connectivity index (χ0v) is 10.5. The molecule has 0 unspecified atom stereocenters. The van der Waals surface area contributed by atoms with E-state index in [2.05, 4.69) is 19.7 Å². The van der Waals surface area contributed by atoms with Crippen molar-refractivity contribution in [2.75, 3.05) is 0 Å². The standard InChI is InChI=1S/C16H18O2/c1-4-7-12-10-13(8-5-2)15(16(17)18)14(11-12)9-6-3/h4-6,10-11H,1-3,7-9H2,(H,17,18). The molecule has 0 aromatic heterocycles. The Balaban J connectivity index is 3.42. The molecule has 0 radical (unpaired) electrons. The Morgan fingerprint density at radius 1 is 1.00 bits per heavy atom. The molecule has 18 heavy (non-hydrogen) atoms. The molecule has 0 amide bonds. The Morgan fingerprint density at radius 2 is 1.44 bits per heavy atom. The van der Waals surface area contributed by atoms with Gasteiger partial charge in [0.05, 0.1) is 5.56 Å². The molecule has 0 saturated heterocycles. The molecule has 2 nitrogen and oxygen atoms in total. The van der Waals surface area contributed by atoms with Gasteiger partial charge in [0.15, 0.2) is 0 Å². The third-order valence-electron chi connectivity index (χ3n) is 2.68. The van der Waals surface area contributed by atoms with Crippen LogP contribution in [-0.4, -0.2) is 11.1 Å². The molecule has 0 bridgehead atoms. The van der Waals surface area contributed by atoms with Gasteiger partial charge in [0.1, 0.15) is 0 Å². The van der Waals surface area contributed by atoms with Crippen molar-refractivity contribution in [1.82, 2.24) is 0 Å². The smallest absolute Gasteiger partial charge is 0.336 e. The predicted octanol–water partition coefficient (Wildman–Crippen LogP) is 3.57. The summed E-state index contributed by atoms with van der Waals surface area (Å²) in [6.45, 7) is 11.1. The first-order valence-corrected chi connectivity index (χ1v) is 5.84. The fourth-order valence-corrected chi connectivity index (χ4v) is 2.03. The SMILES string of the molecule is C=CCc1cc(CC=C)c(C(=O)O)c(CC=C)c1. The lowest BCUT2D eigenvalue weighted by atomic mass is 9.93. The molecule has 1 aromatic carbocycles. The molecule has 94 valence electrons. The predicted molar refractivity (Wildman–Crippen MR) is 75.1 cm³/mol. The van der Waals surface area contributed by atoms with Crippen molar-refractivity contribution in [2.24, 2.45) is 0 Å². The van der Waals surface area contributed by atoms with Crippen LogP contribution >= 0.6 is 0 Å². The van der Waals surface area contributed by atoms with Crippen molar-refractivity contribution in [2.45, 2.75) is 19.3 Å². The van der Waals surface area contributed by atoms with Crippen molar-refractivity contribution in [1.29, 1.82) is 0 Å². The van der Waals surface area contributed by atoms with Crippen molar-refractivity contribution >= 4 is 5.97 Å². The van der Waals surface area contributed by atoms with E-state index in [-0.39, 0.29) is 0 Å². The van der Waals surface area contributed by atoms with Gasteiger partial charge < -0.3 is 5.11 Å². The van der Waals surface area contributed by atoms with E-state index >= 15 is 0 Å². The van der Waals surface area contributed by atoms with Crippen molar-refractivity contribution < 1.29 is 9.90 Å². The first-order valence-electron chi connectivity index (χ1n) is 5.84. The average Bonchev–Trinajstić information content (AvgIpc) is 2.29. The van der Waals surface area contributed by atoms with Gasteiger partial charge in [0.2, 0.25) is 0 Å². The Kier molecular flexibility index (Phi) is 5.12. The van der Waals surface area contributed by atoms with Crippen LogP contribution in [0.3, 0.4) is 0 Å². The molecular formula is C16H18O2. The zero-order chi connectivity index (χ0) is 13.5. The molecule has 0 aliphatic rings. The highest BCUT2D eigenvalue weighted by atomic mass is 16.4. The molecule has 0 spiro atoms. The number of carboxylic acid groups (broad SMARTS) is 1. The molecule has 1 rings (SSSR count). The second-order valence-corrected chi connectivity index (χ2v) is 4.07. The Hall–Kier alpha value is -2.09. The maximum absolute atomic E-state index is 11.4. The molecular weight excluding hydrogens is 224 g/mol. The molecule has 0 aliphatic carbocycles. The summed E-state index contributed by atoms with van der Waals surface area (Å²) in [6, 6.07) is 3.83. The number of benzene rings is 1. The summed E-state index contributed by atoms with van der Waals surface area (Å²) >= 11 is 0. The highest BCUT2D eigenvalue weighted by Crippen LogP contribution is 2.21. The first-order chi connectivity index (χ1) is 8.63. The van der Waals surface area contributed by atoms with Crippen LogP contribution in [0.5, 0.6) is 0 Å². The van der Waals surface area contributed by atoms with E-state index in [1.165, 1.54) is 0 Å². The normalized spacial score (nSPS) is 9.78. The summed E-state index contributed by atoms with van der Waals surface area (Å²) in [5.41, 5.74) is 3.05. The average molecular weight is 242 g/mol. The van der Waals surface area contributed by atoms with Gasteiger partial charge in [-0.25, -0.2) is 4.79 Å². The van der Waals surface area contributed by atoms with Crippen LogP contribution in [0.1, 0.15) is 27.0 Å². The highest BCUT2D eigenvalue weighted by Gasteiger charge is 2.15. The fraction of sp³-hybridized carbons (Fsp3) is 0.188. The summed E-state index contributed by atoms with van der Waals surface area (Å²) in [5.74, 6) is -0.895. The third-order valence-corrected chi connectivity index (χ3v) is 2.68. The van der Waals surface area contributed by atoms with Crippen molar-refractivity contribution in [3.63, 3.8) is 0 Å². The number of rotatable bonds is 7. The Bertz CT molecular complexity index is 453. The summed E-state index contributed by atoms with van der Waals surface area (Å²) < 4.78 is 0. The molecule has 1 aromatic rings. The lowest BCUT2D eigenvalue weighted by molar-refractivity contribution is 0.0695. The van der Waals surface area contributed by atoms with Crippen LogP contribution < -0.4 is 0 Å². The quantitative estimate of drug-likeness (QED) is 0.742. The van der Waals surface area contributed by atoms with E-state index in [0.29, 0.717) is 18.4 Å². The van der Waals surface area contributed by atoms with Gasteiger partial charge in [0.25, 0.3) is 0 Å². The number of hydrogen-bond donors (Lipinski definition) is 1. The lowest BCUT2D eigenvalue weighted by Gasteiger charge is -2.12. The molecule has 1 N–H and O–H groups in total. The van der Waals surface area contributed by atoms with Crippen LogP contribution in [0, 0.1) is 0 Å². The number of carbonyl (C=O) groups is 1. The van der Waals surface area contributed by atoms with E-state index in [9.17, 15) is 9.90 Å². The van der Waals surface area contributed by atoms with E-state index < -0.39 is 5.97 Å². The minimum absolute atomic E-state index is 0.377. The second kappa shape index (κ2) is 6.60. The minimum Gasteiger partial charge on any atom is -0.478 e. The Labute approximate surface area is 108 Å². The van der Waals surface area contributed by atoms with Crippen LogP contribution in [0.2, 0.25) is 0 Å². The second-order valence-electron chi connectivity index (χ2n) is 4.07. The molecule has 0 saturated carbocycles. The number of hydrogen-bond acceptors (Lipinski definition) is 1. The van der Waals surface area contributed by atoms with E-state index in [4.69, 9.17) is 0 Å². The van der Waals surface area contributed by atoms with Crippen LogP contribution in [0.4, 0.5) is 0 Å². The molecule has 0 atom stereocenters. The van der Waals surface area contributed by atoms with Gasteiger partial charge in [-0.05, 0) is 36.0 Å². The number of aromatic carboxylic acids is 1. The van der Waals surface area contributed by atoms with E-state index in [0.717, 1.165) is 23.1 Å². The van der Waals surface area contributed by atoms with E-state index in [1.807, 2.05) is 18.2 Å². The first kappa shape index (κ1) is 14.0. The lowest BCUT2D eigenvalue weighted by Crippen LogP contribution is -2.08. The third kappa shape index (κ3) is 3.20. The fourth-order valence-electron chi connectivity index (χ4n) is 2.03. The molecule has 0 aliphatic heterocycles. The van der Waals surface area contributed by atoms with Gasteiger partial charge in [-0.3, -0.25) is 0 Å². The topological polar surface area (TPSA) is 37.3 Å². The summed E-state index contributed by atoms with van der Waals surface area (Å²) in [7, 11) is 0.